The molecule has 1 heterocycles. The summed E-state index contributed by atoms with van der Waals surface area (Å²) < 4.78 is 2.57. The molecule has 1 nitrogen and oxygen atoms in total. The summed E-state index contributed by atoms with van der Waals surface area (Å²) in [6.07, 6.45) is 0. The third-order valence-electron chi connectivity index (χ3n) is 11.8. The predicted molar refractivity (Wildman–Crippen MR) is 242 cm³/mol. The Hall–Kier alpha value is -7.00. The predicted octanol–water partition coefficient (Wildman–Crippen LogP) is 15.2. The van der Waals surface area contributed by atoms with Gasteiger partial charge in [-0.1, -0.05) is 182 Å². The molecule has 0 unspecified atom stereocenters. The SMILES string of the molecule is c1ccc(-c2ccc(N(c3ccc4c(c3)C(c3ccccc3)(c3ccccc3)c3ccccc3-4)c3cc4sc5ccccc5c4cc3-c3ccccc3)cc2)cc1. The summed E-state index contributed by atoms with van der Waals surface area (Å²) in [5, 5.41) is 2.58. The zero-order chi connectivity index (χ0) is 37.8. The largest absolute Gasteiger partial charge is 0.310 e. The van der Waals surface area contributed by atoms with E-state index in [1.165, 1.54) is 75.8 Å². The van der Waals surface area contributed by atoms with Gasteiger partial charge < -0.3 is 4.90 Å². The smallest absolute Gasteiger partial charge is 0.0714 e. The van der Waals surface area contributed by atoms with Crippen LogP contribution in [-0.4, -0.2) is 0 Å². The van der Waals surface area contributed by atoms with Crippen LogP contribution in [0.25, 0.3) is 53.6 Å². The lowest BCUT2D eigenvalue weighted by Gasteiger charge is -2.35. The normalized spacial score (nSPS) is 12.7. The molecule has 268 valence electrons. The summed E-state index contributed by atoms with van der Waals surface area (Å²) in [7, 11) is 0. The molecule has 1 aromatic heterocycles. The van der Waals surface area contributed by atoms with E-state index in [2.05, 4.69) is 229 Å². The monoisotopic (exact) mass is 743 g/mol. The fraction of sp³-hybridized carbons (Fsp3) is 0.0182. The Morgan fingerprint density at radius 3 is 1.58 bits per heavy atom. The van der Waals surface area contributed by atoms with E-state index < -0.39 is 5.41 Å². The van der Waals surface area contributed by atoms with E-state index >= 15 is 0 Å². The van der Waals surface area contributed by atoms with Gasteiger partial charge in [-0.25, -0.2) is 0 Å². The van der Waals surface area contributed by atoms with E-state index in [-0.39, 0.29) is 0 Å². The maximum atomic E-state index is 2.49. The zero-order valence-corrected chi connectivity index (χ0v) is 32.0. The van der Waals surface area contributed by atoms with E-state index in [0.29, 0.717) is 0 Å². The van der Waals surface area contributed by atoms with Crippen molar-refractivity contribution < 1.29 is 0 Å². The van der Waals surface area contributed by atoms with Gasteiger partial charge in [-0.3, -0.25) is 0 Å². The molecule has 0 atom stereocenters. The molecule has 1 aliphatic carbocycles. The van der Waals surface area contributed by atoms with E-state index in [4.69, 9.17) is 0 Å². The van der Waals surface area contributed by atoms with Crippen LogP contribution in [0.4, 0.5) is 17.1 Å². The third-order valence-corrected chi connectivity index (χ3v) is 12.9. The number of benzene rings is 9. The number of hydrogen-bond donors (Lipinski definition) is 0. The van der Waals surface area contributed by atoms with Gasteiger partial charge in [0, 0.05) is 37.1 Å². The first-order valence-corrected chi connectivity index (χ1v) is 20.4. The zero-order valence-electron chi connectivity index (χ0n) is 31.2. The van der Waals surface area contributed by atoms with Gasteiger partial charge >= 0.3 is 0 Å². The van der Waals surface area contributed by atoms with Crippen LogP contribution in [0.15, 0.2) is 224 Å². The highest BCUT2D eigenvalue weighted by Gasteiger charge is 2.46. The Balaban J connectivity index is 1.21. The number of thiophene rings is 1. The van der Waals surface area contributed by atoms with Gasteiger partial charge in [0.2, 0.25) is 0 Å². The lowest BCUT2D eigenvalue weighted by atomic mass is 9.67. The standard InChI is InChI=1S/C55H37NS/c1-5-17-38(18-6-1)39-29-31-43(32-30-39)56(52-37-54-49(47-26-14-16-28-53(47)57-54)36-48(52)40-19-7-2-8-20-40)44-33-34-46-45-25-13-15-27-50(45)55(51(46)35-44,41-21-9-3-10-22-41)42-23-11-4-12-24-42/h1-37H. The molecule has 0 N–H and O–H groups in total. The highest BCUT2D eigenvalue weighted by atomic mass is 32.1. The van der Waals surface area contributed by atoms with Crippen molar-refractivity contribution in [2.75, 3.05) is 4.90 Å². The molecule has 0 saturated heterocycles. The molecular formula is C55H37NS. The van der Waals surface area contributed by atoms with Gasteiger partial charge in [-0.2, -0.15) is 0 Å². The summed E-state index contributed by atoms with van der Waals surface area (Å²) >= 11 is 1.87. The first kappa shape index (κ1) is 33.3. The fourth-order valence-corrected chi connectivity index (χ4v) is 10.3. The minimum atomic E-state index is -0.509. The van der Waals surface area contributed by atoms with Crippen molar-refractivity contribution in [3.8, 4) is 33.4 Å². The van der Waals surface area contributed by atoms with Crippen molar-refractivity contribution in [3.05, 3.63) is 247 Å². The number of rotatable bonds is 7. The van der Waals surface area contributed by atoms with Crippen molar-refractivity contribution in [2.24, 2.45) is 0 Å². The highest BCUT2D eigenvalue weighted by molar-refractivity contribution is 7.25. The molecule has 0 aliphatic heterocycles. The average molecular weight is 744 g/mol. The van der Waals surface area contributed by atoms with Crippen LogP contribution in [0.5, 0.6) is 0 Å². The fourth-order valence-electron chi connectivity index (χ4n) is 9.23. The van der Waals surface area contributed by atoms with Crippen LogP contribution in [0, 0.1) is 0 Å². The summed E-state index contributed by atoms with van der Waals surface area (Å²) in [4.78, 5) is 2.49. The number of hydrogen-bond acceptors (Lipinski definition) is 2. The Bertz CT molecular complexity index is 3000. The van der Waals surface area contributed by atoms with E-state index in [1.54, 1.807) is 0 Å². The van der Waals surface area contributed by atoms with Crippen molar-refractivity contribution in [1.82, 2.24) is 0 Å². The van der Waals surface area contributed by atoms with Gasteiger partial charge in [0.15, 0.2) is 0 Å². The summed E-state index contributed by atoms with van der Waals surface area (Å²) in [5.74, 6) is 0. The number of nitrogens with zero attached hydrogens (tertiary/aromatic N) is 1. The van der Waals surface area contributed by atoms with Gasteiger partial charge in [0.25, 0.3) is 0 Å². The Morgan fingerprint density at radius 1 is 0.333 bits per heavy atom. The molecule has 0 spiro atoms. The minimum Gasteiger partial charge on any atom is -0.310 e. The summed E-state index contributed by atoms with van der Waals surface area (Å²) in [6, 6.07) is 82.6. The Kier molecular flexibility index (Phi) is 7.98. The lowest BCUT2D eigenvalue weighted by molar-refractivity contribution is 0.768. The number of fused-ring (bicyclic) bond motifs is 6. The van der Waals surface area contributed by atoms with Crippen molar-refractivity contribution in [3.63, 3.8) is 0 Å². The molecule has 0 radical (unpaired) electrons. The minimum absolute atomic E-state index is 0.509. The molecule has 1 aliphatic rings. The van der Waals surface area contributed by atoms with E-state index in [1.807, 2.05) is 11.3 Å². The molecule has 2 heteroatoms. The van der Waals surface area contributed by atoms with Crippen LogP contribution in [0.3, 0.4) is 0 Å². The second-order valence-corrected chi connectivity index (χ2v) is 15.9. The maximum absolute atomic E-state index is 2.49. The molecule has 57 heavy (non-hydrogen) atoms. The van der Waals surface area contributed by atoms with Gasteiger partial charge in [0.1, 0.15) is 0 Å². The first-order valence-electron chi connectivity index (χ1n) is 19.6. The van der Waals surface area contributed by atoms with Crippen LogP contribution in [0.2, 0.25) is 0 Å². The van der Waals surface area contributed by atoms with Crippen LogP contribution < -0.4 is 4.90 Å². The quantitative estimate of drug-likeness (QED) is 0.157. The van der Waals surface area contributed by atoms with Crippen molar-refractivity contribution >= 4 is 48.6 Å². The van der Waals surface area contributed by atoms with E-state index in [9.17, 15) is 0 Å². The van der Waals surface area contributed by atoms with Gasteiger partial charge in [-0.05, 0) is 92.5 Å². The second kappa shape index (κ2) is 13.6. The van der Waals surface area contributed by atoms with E-state index in [0.717, 1.165) is 17.1 Å². The molecular weight excluding hydrogens is 707 g/mol. The second-order valence-electron chi connectivity index (χ2n) is 14.8. The first-order chi connectivity index (χ1) is 28.3. The molecule has 0 amide bonds. The maximum Gasteiger partial charge on any atom is 0.0714 e. The van der Waals surface area contributed by atoms with Crippen LogP contribution in [0.1, 0.15) is 22.3 Å². The molecule has 0 fully saturated rings. The van der Waals surface area contributed by atoms with Crippen LogP contribution in [-0.2, 0) is 5.41 Å². The topological polar surface area (TPSA) is 3.24 Å². The molecule has 11 rings (SSSR count). The Labute approximate surface area is 337 Å². The highest BCUT2D eigenvalue weighted by Crippen LogP contribution is 2.57. The van der Waals surface area contributed by atoms with Crippen molar-refractivity contribution in [1.29, 1.82) is 0 Å². The molecule has 0 saturated carbocycles. The van der Waals surface area contributed by atoms with Gasteiger partial charge in [-0.15, -0.1) is 11.3 Å². The average Bonchev–Trinajstić information content (AvgIpc) is 3.80. The lowest BCUT2D eigenvalue weighted by Crippen LogP contribution is -2.28. The van der Waals surface area contributed by atoms with Gasteiger partial charge in [0.05, 0.1) is 11.1 Å². The van der Waals surface area contributed by atoms with Crippen LogP contribution >= 0.6 is 11.3 Å². The summed E-state index contributed by atoms with van der Waals surface area (Å²) in [6.45, 7) is 0. The molecule has 9 aromatic carbocycles. The third kappa shape index (κ3) is 5.37. The molecule has 0 bridgehead atoms. The summed E-state index contributed by atoms with van der Waals surface area (Å²) in [5.41, 5.74) is 15.3. The number of anilines is 3. The van der Waals surface area contributed by atoms with Crippen molar-refractivity contribution in [2.45, 2.75) is 5.41 Å². The Morgan fingerprint density at radius 2 is 0.877 bits per heavy atom. The molecule has 10 aromatic rings.